The van der Waals surface area contributed by atoms with E-state index in [0.717, 1.165) is 25.2 Å². The van der Waals surface area contributed by atoms with Crippen molar-refractivity contribution in [2.24, 2.45) is 5.92 Å². The minimum atomic E-state index is -0.329. The van der Waals surface area contributed by atoms with Crippen LogP contribution in [0.15, 0.2) is 43.2 Å². The number of nitrogens with one attached hydrogen (secondary N) is 1. The minimum absolute atomic E-state index is 0.112. The van der Waals surface area contributed by atoms with Crippen LogP contribution in [0.1, 0.15) is 18.4 Å². The zero-order chi connectivity index (χ0) is 19.5. The van der Waals surface area contributed by atoms with Gasteiger partial charge in [-0.3, -0.25) is 4.79 Å². The summed E-state index contributed by atoms with van der Waals surface area (Å²) in [7, 11) is 0. The average molecular weight is 381 g/mol. The van der Waals surface area contributed by atoms with Crippen molar-refractivity contribution in [2.45, 2.75) is 19.8 Å². The first kappa shape index (κ1) is 18.0. The van der Waals surface area contributed by atoms with Crippen molar-refractivity contribution in [2.75, 3.05) is 23.3 Å². The third kappa shape index (κ3) is 3.83. The molecular weight excluding hydrogens is 361 g/mol. The van der Waals surface area contributed by atoms with Crippen LogP contribution >= 0.6 is 0 Å². The summed E-state index contributed by atoms with van der Waals surface area (Å²) in [5, 5.41) is 6.90. The van der Waals surface area contributed by atoms with Gasteiger partial charge >= 0.3 is 0 Å². The molecule has 0 saturated carbocycles. The van der Waals surface area contributed by atoms with Gasteiger partial charge in [-0.15, -0.1) is 0 Å². The van der Waals surface area contributed by atoms with Gasteiger partial charge < -0.3 is 10.2 Å². The fourth-order valence-electron chi connectivity index (χ4n) is 3.28. The fraction of sp³-hybridized carbons (Fsp3) is 0.316. The van der Waals surface area contributed by atoms with Crippen molar-refractivity contribution in [3.8, 4) is 5.82 Å². The smallest absolute Gasteiger partial charge is 0.229 e. The van der Waals surface area contributed by atoms with Crippen molar-refractivity contribution in [3.63, 3.8) is 0 Å². The number of benzene rings is 1. The summed E-state index contributed by atoms with van der Waals surface area (Å²) >= 11 is 0. The highest BCUT2D eigenvalue weighted by atomic mass is 19.1. The summed E-state index contributed by atoms with van der Waals surface area (Å²) < 4.78 is 15.3. The number of rotatable bonds is 4. The number of nitrogens with zero attached hydrogens (tertiary/aromatic N) is 6. The Morgan fingerprint density at radius 1 is 1.21 bits per heavy atom. The quantitative estimate of drug-likeness (QED) is 0.746. The van der Waals surface area contributed by atoms with E-state index in [0.29, 0.717) is 23.6 Å². The standard InChI is InChI=1S/C19H20FN7O/c1-13-4-5-15(7-16(13)20)25-19(28)14-3-2-6-26(9-14)17-8-18(23-11-22-17)27-12-21-10-24-27/h4-5,7-8,10-12,14H,2-3,6,9H2,1H3,(H,25,28)/t14-/m1/s1. The molecule has 3 heterocycles. The minimum Gasteiger partial charge on any atom is -0.356 e. The van der Waals surface area contributed by atoms with Gasteiger partial charge in [-0.25, -0.2) is 24.0 Å². The van der Waals surface area contributed by atoms with Crippen molar-refractivity contribution in [1.82, 2.24) is 24.7 Å². The highest BCUT2D eigenvalue weighted by Gasteiger charge is 2.27. The molecule has 0 aliphatic carbocycles. The molecule has 1 fully saturated rings. The zero-order valence-electron chi connectivity index (χ0n) is 15.4. The molecule has 2 aromatic heterocycles. The molecule has 1 aliphatic rings. The number of hydrogen-bond acceptors (Lipinski definition) is 6. The van der Waals surface area contributed by atoms with Crippen molar-refractivity contribution in [1.29, 1.82) is 0 Å². The second-order valence-electron chi connectivity index (χ2n) is 6.81. The Morgan fingerprint density at radius 3 is 2.86 bits per heavy atom. The number of carbonyl (C=O) groups is 1. The second kappa shape index (κ2) is 7.71. The number of aryl methyl sites for hydroxylation is 1. The Labute approximate surface area is 161 Å². The van der Waals surface area contributed by atoms with Crippen LogP contribution in [0.5, 0.6) is 0 Å². The van der Waals surface area contributed by atoms with Crippen molar-refractivity contribution < 1.29 is 9.18 Å². The van der Waals surface area contributed by atoms with E-state index in [4.69, 9.17) is 0 Å². The predicted molar refractivity (Wildman–Crippen MR) is 102 cm³/mol. The number of piperidine rings is 1. The Kier molecular flexibility index (Phi) is 4.96. The Balaban J connectivity index is 1.46. The molecule has 8 nitrogen and oxygen atoms in total. The number of aromatic nitrogens is 5. The first-order chi connectivity index (χ1) is 13.6. The Bertz CT molecular complexity index is 976. The van der Waals surface area contributed by atoms with E-state index in [-0.39, 0.29) is 17.6 Å². The van der Waals surface area contributed by atoms with E-state index < -0.39 is 0 Å². The van der Waals surface area contributed by atoms with Gasteiger partial charge in [0, 0.05) is 24.8 Å². The highest BCUT2D eigenvalue weighted by molar-refractivity contribution is 5.93. The lowest BCUT2D eigenvalue weighted by Crippen LogP contribution is -2.41. The van der Waals surface area contributed by atoms with Crippen LogP contribution < -0.4 is 10.2 Å². The molecule has 0 bridgehead atoms. The van der Waals surface area contributed by atoms with E-state index >= 15 is 0 Å². The van der Waals surface area contributed by atoms with E-state index in [2.05, 4.69) is 30.3 Å². The lowest BCUT2D eigenvalue weighted by Gasteiger charge is -2.32. The topological polar surface area (TPSA) is 88.8 Å². The molecule has 1 amide bonds. The monoisotopic (exact) mass is 381 g/mol. The number of amides is 1. The molecule has 9 heteroatoms. The molecule has 28 heavy (non-hydrogen) atoms. The van der Waals surface area contributed by atoms with E-state index in [9.17, 15) is 9.18 Å². The Morgan fingerprint density at radius 2 is 2.07 bits per heavy atom. The lowest BCUT2D eigenvalue weighted by atomic mass is 9.97. The molecule has 1 aliphatic heterocycles. The van der Waals surface area contributed by atoms with Crippen LogP contribution in [0, 0.1) is 18.7 Å². The van der Waals surface area contributed by atoms with Gasteiger partial charge in [0.15, 0.2) is 5.82 Å². The summed E-state index contributed by atoms with van der Waals surface area (Å²) in [6, 6.07) is 6.55. The largest absolute Gasteiger partial charge is 0.356 e. The van der Waals surface area contributed by atoms with Crippen LogP contribution in [0.25, 0.3) is 5.82 Å². The number of carbonyl (C=O) groups excluding carboxylic acids is 1. The summed E-state index contributed by atoms with van der Waals surface area (Å²) in [5.74, 6) is 0.703. The van der Waals surface area contributed by atoms with Gasteiger partial charge in [-0.05, 0) is 37.5 Å². The summed E-state index contributed by atoms with van der Waals surface area (Å²) in [4.78, 5) is 27.2. The van der Waals surface area contributed by atoms with E-state index in [1.165, 1.54) is 18.7 Å². The molecule has 0 radical (unpaired) electrons. The normalized spacial score (nSPS) is 16.8. The highest BCUT2D eigenvalue weighted by Crippen LogP contribution is 2.24. The number of halogens is 1. The molecular formula is C19H20FN7O. The van der Waals surface area contributed by atoms with Crippen LogP contribution in [-0.4, -0.2) is 43.7 Å². The Hall–Kier alpha value is -3.36. The summed E-state index contributed by atoms with van der Waals surface area (Å²) in [6.45, 7) is 3.03. The van der Waals surface area contributed by atoms with Crippen molar-refractivity contribution in [3.05, 3.63) is 54.6 Å². The average Bonchev–Trinajstić information content (AvgIpc) is 3.26. The van der Waals surface area contributed by atoms with Gasteiger partial charge in [0.1, 0.15) is 30.6 Å². The SMILES string of the molecule is Cc1ccc(NC(=O)[C@@H]2CCCN(c3cc(-n4cncn4)ncn3)C2)cc1F. The van der Waals surface area contributed by atoms with Crippen LogP contribution in [-0.2, 0) is 4.79 Å². The summed E-state index contributed by atoms with van der Waals surface area (Å²) in [5.41, 5.74) is 1.02. The van der Waals surface area contributed by atoms with Gasteiger partial charge in [0.25, 0.3) is 0 Å². The molecule has 144 valence electrons. The molecule has 0 spiro atoms. The molecule has 1 aromatic carbocycles. The van der Waals surface area contributed by atoms with Crippen LogP contribution in [0.3, 0.4) is 0 Å². The molecule has 1 N–H and O–H groups in total. The van der Waals surface area contributed by atoms with E-state index in [1.807, 2.05) is 6.07 Å². The molecule has 1 saturated heterocycles. The molecule has 0 unspecified atom stereocenters. The fourth-order valence-corrected chi connectivity index (χ4v) is 3.28. The second-order valence-corrected chi connectivity index (χ2v) is 6.81. The third-order valence-corrected chi connectivity index (χ3v) is 4.85. The predicted octanol–water partition coefficient (Wildman–Crippen LogP) is 2.36. The maximum atomic E-state index is 13.7. The maximum Gasteiger partial charge on any atom is 0.229 e. The molecule has 3 aromatic rings. The van der Waals surface area contributed by atoms with Crippen LogP contribution in [0.4, 0.5) is 15.9 Å². The first-order valence-corrected chi connectivity index (χ1v) is 9.09. The maximum absolute atomic E-state index is 13.7. The first-order valence-electron chi connectivity index (χ1n) is 9.09. The van der Waals surface area contributed by atoms with Crippen molar-refractivity contribution >= 4 is 17.4 Å². The van der Waals surface area contributed by atoms with Crippen LogP contribution in [0.2, 0.25) is 0 Å². The van der Waals surface area contributed by atoms with E-state index in [1.54, 1.807) is 30.1 Å². The zero-order valence-corrected chi connectivity index (χ0v) is 15.4. The molecule has 1 atom stereocenters. The number of hydrogen-bond donors (Lipinski definition) is 1. The van der Waals surface area contributed by atoms with Gasteiger partial charge in [0.2, 0.25) is 5.91 Å². The third-order valence-electron chi connectivity index (χ3n) is 4.85. The lowest BCUT2D eigenvalue weighted by molar-refractivity contribution is -0.120. The van der Waals surface area contributed by atoms with Gasteiger partial charge in [-0.1, -0.05) is 6.07 Å². The summed E-state index contributed by atoms with van der Waals surface area (Å²) in [6.07, 6.45) is 6.13. The van der Waals surface area contributed by atoms with Gasteiger partial charge in [-0.2, -0.15) is 5.10 Å². The number of anilines is 2. The molecule has 4 rings (SSSR count). The van der Waals surface area contributed by atoms with Gasteiger partial charge in [0.05, 0.1) is 5.92 Å².